The van der Waals surface area contributed by atoms with Gasteiger partial charge in [-0.1, -0.05) is 6.92 Å². The van der Waals surface area contributed by atoms with Gasteiger partial charge in [0.2, 0.25) is 0 Å². The van der Waals surface area contributed by atoms with E-state index in [1.54, 1.807) is 0 Å². The van der Waals surface area contributed by atoms with E-state index in [9.17, 15) is 4.79 Å². The average molecular weight is 187 g/mol. The molecule has 76 valence electrons. The number of methoxy groups -OCH3 is 1. The zero-order valence-electron chi connectivity index (χ0n) is 8.28. The quantitative estimate of drug-likeness (QED) is 0.610. The molecule has 0 unspecified atom stereocenters. The minimum Gasteiger partial charge on any atom is -0.438 e. The Kier molecular flexibility index (Phi) is 4.02. The number of hydrogen-bond donors (Lipinski definition) is 0. The third-order valence-corrected chi connectivity index (χ3v) is 2.41. The maximum absolute atomic E-state index is 10.8. The molecule has 4 heteroatoms. The molecular weight excluding hydrogens is 170 g/mol. The second kappa shape index (κ2) is 5.07. The molecule has 4 nitrogen and oxygen atoms in total. The lowest BCUT2D eigenvalue weighted by molar-refractivity contribution is 0.0104. The minimum atomic E-state index is -0.560. The molecule has 0 aromatic heterocycles. The first-order valence-electron chi connectivity index (χ1n) is 4.73. The Labute approximate surface area is 78.8 Å². The second-order valence-electron chi connectivity index (χ2n) is 3.21. The van der Waals surface area contributed by atoms with Crippen molar-refractivity contribution in [2.45, 2.75) is 25.9 Å². The van der Waals surface area contributed by atoms with Crippen molar-refractivity contribution in [1.29, 1.82) is 0 Å². The first-order chi connectivity index (χ1) is 6.26. The average Bonchev–Trinajstić information content (AvgIpc) is 2.19. The fraction of sp³-hybridized carbons (Fsp3) is 0.889. The normalized spacial score (nSPS) is 19.8. The van der Waals surface area contributed by atoms with Crippen LogP contribution in [0.3, 0.4) is 0 Å². The summed E-state index contributed by atoms with van der Waals surface area (Å²) in [6.07, 6.45) is 1.33. The zero-order valence-corrected chi connectivity index (χ0v) is 8.28. The van der Waals surface area contributed by atoms with E-state index < -0.39 is 6.16 Å². The van der Waals surface area contributed by atoms with Gasteiger partial charge < -0.3 is 14.4 Å². The van der Waals surface area contributed by atoms with Crippen LogP contribution < -0.4 is 0 Å². The van der Waals surface area contributed by atoms with Gasteiger partial charge in [-0.2, -0.15) is 0 Å². The summed E-state index contributed by atoms with van der Waals surface area (Å²) >= 11 is 0. The van der Waals surface area contributed by atoms with E-state index in [0.29, 0.717) is 0 Å². The Morgan fingerprint density at radius 2 is 2.08 bits per heavy atom. The third-order valence-electron chi connectivity index (χ3n) is 2.41. The lowest BCUT2D eigenvalue weighted by Gasteiger charge is -2.30. The van der Waals surface area contributed by atoms with Gasteiger partial charge in [0.05, 0.1) is 7.11 Å². The van der Waals surface area contributed by atoms with E-state index in [2.05, 4.69) is 16.6 Å². The van der Waals surface area contributed by atoms with Gasteiger partial charge in [-0.15, -0.1) is 0 Å². The monoisotopic (exact) mass is 187 g/mol. The van der Waals surface area contributed by atoms with Crippen molar-refractivity contribution < 1.29 is 14.3 Å². The molecule has 0 bridgehead atoms. The highest BCUT2D eigenvalue weighted by molar-refractivity contribution is 5.59. The molecule has 0 saturated carbocycles. The Morgan fingerprint density at radius 3 is 2.54 bits per heavy atom. The van der Waals surface area contributed by atoms with Crippen LogP contribution in [0, 0.1) is 0 Å². The SMILES string of the molecule is CCN1CCC(OC(=O)OC)CC1. The van der Waals surface area contributed by atoms with Crippen molar-refractivity contribution in [3.05, 3.63) is 0 Å². The number of piperidine rings is 1. The maximum atomic E-state index is 10.8. The van der Waals surface area contributed by atoms with Crippen LogP contribution in [0.5, 0.6) is 0 Å². The van der Waals surface area contributed by atoms with E-state index >= 15 is 0 Å². The number of rotatable bonds is 2. The van der Waals surface area contributed by atoms with Crippen molar-refractivity contribution in [1.82, 2.24) is 4.90 Å². The van der Waals surface area contributed by atoms with Crippen molar-refractivity contribution in [2.24, 2.45) is 0 Å². The van der Waals surface area contributed by atoms with E-state index in [-0.39, 0.29) is 6.10 Å². The molecule has 0 aromatic carbocycles. The van der Waals surface area contributed by atoms with Crippen LogP contribution in [0.15, 0.2) is 0 Å². The van der Waals surface area contributed by atoms with Gasteiger partial charge in [0.15, 0.2) is 0 Å². The molecule has 0 atom stereocenters. The van der Waals surface area contributed by atoms with Gasteiger partial charge in [0.1, 0.15) is 6.10 Å². The summed E-state index contributed by atoms with van der Waals surface area (Å²) in [6, 6.07) is 0. The first-order valence-corrected chi connectivity index (χ1v) is 4.73. The molecule has 0 N–H and O–H groups in total. The molecule has 0 radical (unpaired) electrons. The summed E-state index contributed by atoms with van der Waals surface area (Å²) in [5.74, 6) is 0. The summed E-state index contributed by atoms with van der Waals surface area (Å²) in [5, 5.41) is 0. The number of likely N-dealkylation sites (tertiary alicyclic amines) is 1. The molecule has 1 aliphatic heterocycles. The van der Waals surface area contributed by atoms with E-state index in [1.165, 1.54) is 7.11 Å². The number of carbonyl (C=O) groups is 1. The molecule has 1 fully saturated rings. The van der Waals surface area contributed by atoms with Crippen molar-refractivity contribution in [2.75, 3.05) is 26.7 Å². The number of carbonyl (C=O) groups excluding carboxylic acids is 1. The zero-order chi connectivity index (χ0) is 9.68. The fourth-order valence-electron chi connectivity index (χ4n) is 1.53. The Bertz CT molecular complexity index is 164. The largest absolute Gasteiger partial charge is 0.508 e. The highest BCUT2D eigenvalue weighted by Crippen LogP contribution is 2.13. The van der Waals surface area contributed by atoms with Crippen molar-refractivity contribution >= 4 is 6.16 Å². The third kappa shape index (κ3) is 3.22. The van der Waals surface area contributed by atoms with Gasteiger partial charge in [-0.3, -0.25) is 0 Å². The van der Waals surface area contributed by atoms with Crippen LogP contribution in [-0.2, 0) is 9.47 Å². The van der Waals surface area contributed by atoms with E-state index in [1.807, 2.05) is 0 Å². The minimum absolute atomic E-state index is 0.0512. The van der Waals surface area contributed by atoms with Gasteiger partial charge in [-0.25, -0.2) is 4.79 Å². The summed E-state index contributed by atoms with van der Waals surface area (Å²) in [7, 11) is 1.34. The molecule has 0 spiro atoms. The smallest absolute Gasteiger partial charge is 0.438 e. The summed E-state index contributed by atoms with van der Waals surface area (Å²) < 4.78 is 9.48. The molecule has 1 aliphatic rings. The van der Waals surface area contributed by atoms with Gasteiger partial charge >= 0.3 is 6.16 Å². The molecule has 13 heavy (non-hydrogen) atoms. The van der Waals surface area contributed by atoms with Crippen LogP contribution in [0.2, 0.25) is 0 Å². The first kappa shape index (κ1) is 10.3. The Hall–Kier alpha value is -0.770. The predicted octanol–water partition coefficient (Wildman–Crippen LogP) is 1.25. The summed E-state index contributed by atoms with van der Waals surface area (Å²) in [4.78, 5) is 13.1. The van der Waals surface area contributed by atoms with Crippen LogP contribution in [0.4, 0.5) is 4.79 Å². The van der Waals surface area contributed by atoms with Crippen LogP contribution >= 0.6 is 0 Å². The Morgan fingerprint density at radius 1 is 1.46 bits per heavy atom. The standard InChI is InChI=1S/C9H17NO3/c1-3-10-6-4-8(5-7-10)13-9(11)12-2/h8H,3-7H2,1-2H3. The number of ether oxygens (including phenoxy) is 2. The molecule has 0 aliphatic carbocycles. The number of nitrogens with zero attached hydrogens (tertiary/aromatic N) is 1. The van der Waals surface area contributed by atoms with Crippen molar-refractivity contribution in [3.8, 4) is 0 Å². The van der Waals surface area contributed by atoms with Crippen LogP contribution in [-0.4, -0.2) is 43.9 Å². The van der Waals surface area contributed by atoms with Crippen LogP contribution in [0.25, 0.3) is 0 Å². The van der Waals surface area contributed by atoms with Crippen molar-refractivity contribution in [3.63, 3.8) is 0 Å². The molecule has 1 saturated heterocycles. The summed E-state index contributed by atoms with van der Waals surface area (Å²) in [5.41, 5.74) is 0. The van der Waals surface area contributed by atoms with Gasteiger partial charge in [0, 0.05) is 13.1 Å². The fourth-order valence-corrected chi connectivity index (χ4v) is 1.53. The van der Waals surface area contributed by atoms with Crippen LogP contribution in [0.1, 0.15) is 19.8 Å². The molecule has 1 heterocycles. The second-order valence-corrected chi connectivity index (χ2v) is 3.21. The van der Waals surface area contributed by atoms with Gasteiger partial charge in [0.25, 0.3) is 0 Å². The van der Waals surface area contributed by atoms with E-state index in [4.69, 9.17) is 4.74 Å². The molecule has 1 rings (SSSR count). The van der Waals surface area contributed by atoms with Gasteiger partial charge in [-0.05, 0) is 19.4 Å². The highest BCUT2D eigenvalue weighted by atomic mass is 16.7. The maximum Gasteiger partial charge on any atom is 0.508 e. The highest BCUT2D eigenvalue weighted by Gasteiger charge is 2.21. The molecule has 0 amide bonds. The molecule has 0 aromatic rings. The number of hydrogen-bond acceptors (Lipinski definition) is 4. The predicted molar refractivity (Wildman–Crippen MR) is 48.6 cm³/mol. The van der Waals surface area contributed by atoms with E-state index in [0.717, 1.165) is 32.5 Å². The lowest BCUT2D eigenvalue weighted by atomic mass is 10.1. The molecular formula is C9H17NO3. The lowest BCUT2D eigenvalue weighted by Crippen LogP contribution is -2.37. The summed E-state index contributed by atoms with van der Waals surface area (Å²) in [6.45, 7) is 5.24. The Balaban J connectivity index is 2.21. The topological polar surface area (TPSA) is 38.8 Å².